The van der Waals surface area contributed by atoms with Gasteiger partial charge >= 0.3 is 12.3 Å². The minimum atomic E-state index is -4.98. The summed E-state index contributed by atoms with van der Waals surface area (Å²) >= 11 is 0. The number of carbonyl (C=O) groups excluding carboxylic acids is 1. The van der Waals surface area contributed by atoms with Crippen LogP contribution in [-0.4, -0.2) is 12.3 Å². The van der Waals surface area contributed by atoms with E-state index < -0.39 is 23.9 Å². The zero-order valence-corrected chi connectivity index (χ0v) is 16.6. The second kappa shape index (κ2) is 9.35. The van der Waals surface area contributed by atoms with Crippen molar-refractivity contribution in [3.8, 4) is 11.5 Å². The molecule has 162 valence electrons. The summed E-state index contributed by atoms with van der Waals surface area (Å²) in [6, 6.07) is 2.67. The minimum Gasteiger partial charge on any atom is -0.426 e. The number of esters is 1. The van der Waals surface area contributed by atoms with E-state index in [0.29, 0.717) is 5.92 Å². The lowest BCUT2D eigenvalue weighted by atomic mass is 9.69. The van der Waals surface area contributed by atoms with Gasteiger partial charge in [-0.15, -0.1) is 13.2 Å². The Balaban J connectivity index is 1.48. The fraction of sp³-hybridized carbons (Fsp3) is 0.682. The number of ether oxygens (including phenoxy) is 2. The van der Waals surface area contributed by atoms with Crippen LogP contribution in [0, 0.1) is 29.5 Å². The van der Waals surface area contributed by atoms with Crippen LogP contribution >= 0.6 is 0 Å². The van der Waals surface area contributed by atoms with Gasteiger partial charge in [-0.3, -0.25) is 4.79 Å². The van der Waals surface area contributed by atoms with Crippen molar-refractivity contribution < 1.29 is 31.8 Å². The van der Waals surface area contributed by atoms with E-state index in [1.165, 1.54) is 32.1 Å². The highest BCUT2D eigenvalue weighted by molar-refractivity contribution is 5.75. The van der Waals surface area contributed by atoms with E-state index in [1.807, 2.05) is 0 Å². The first-order chi connectivity index (χ1) is 13.7. The minimum absolute atomic E-state index is 0.109. The van der Waals surface area contributed by atoms with Crippen molar-refractivity contribution in [2.75, 3.05) is 0 Å². The van der Waals surface area contributed by atoms with Crippen molar-refractivity contribution in [2.24, 2.45) is 23.7 Å². The first-order valence-electron chi connectivity index (χ1n) is 10.5. The molecule has 0 N–H and O–H groups in total. The number of hydrogen-bond donors (Lipinski definition) is 0. The van der Waals surface area contributed by atoms with Gasteiger partial charge in [-0.2, -0.15) is 0 Å². The summed E-state index contributed by atoms with van der Waals surface area (Å²) < 4.78 is 59.2. The van der Waals surface area contributed by atoms with Crippen LogP contribution in [-0.2, 0) is 4.79 Å². The summed E-state index contributed by atoms with van der Waals surface area (Å²) in [7, 11) is 0. The topological polar surface area (TPSA) is 35.5 Å². The Labute approximate surface area is 168 Å². The van der Waals surface area contributed by atoms with Gasteiger partial charge in [-0.05, 0) is 68.4 Å². The van der Waals surface area contributed by atoms with E-state index in [4.69, 9.17) is 4.74 Å². The predicted octanol–water partition coefficient (Wildman–Crippen LogP) is 6.65. The molecule has 0 aliphatic heterocycles. The van der Waals surface area contributed by atoms with Crippen molar-refractivity contribution >= 4 is 5.97 Å². The standard InChI is InChI=1S/C22H28F4O3/c1-2-14-3-5-15(6-4-14)16-7-9-17(10-8-16)21(27)28-18-11-12-20(19(23)13-18)29-22(24,25)26/h11-17H,2-10H2,1H3. The third-order valence-corrected chi connectivity index (χ3v) is 6.59. The Morgan fingerprint density at radius 3 is 2.10 bits per heavy atom. The number of benzene rings is 1. The Hall–Kier alpha value is -1.79. The molecule has 0 unspecified atom stereocenters. The van der Waals surface area contributed by atoms with Gasteiger partial charge in [0.2, 0.25) is 0 Å². The zero-order valence-electron chi connectivity index (χ0n) is 16.6. The van der Waals surface area contributed by atoms with Crippen LogP contribution < -0.4 is 9.47 Å². The normalized spacial score (nSPS) is 28.0. The molecule has 3 rings (SSSR count). The largest absolute Gasteiger partial charge is 0.573 e. The second-order valence-corrected chi connectivity index (χ2v) is 8.36. The number of carbonyl (C=O) groups is 1. The summed E-state index contributed by atoms with van der Waals surface area (Å²) in [4.78, 5) is 12.4. The second-order valence-electron chi connectivity index (χ2n) is 8.36. The fourth-order valence-electron chi connectivity index (χ4n) is 4.85. The maximum atomic E-state index is 13.8. The maximum absolute atomic E-state index is 13.8. The van der Waals surface area contributed by atoms with Gasteiger partial charge in [-0.25, -0.2) is 4.39 Å². The van der Waals surface area contributed by atoms with Crippen LogP contribution in [0.15, 0.2) is 18.2 Å². The van der Waals surface area contributed by atoms with Crippen LogP contribution in [0.4, 0.5) is 17.6 Å². The molecule has 0 bridgehead atoms. The first kappa shape index (κ1) is 21.9. The lowest BCUT2D eigenvalue weighted by Gasteiger charge is -2.37. The molecule has 2 saturated carbocycles. The molecule has 0 radical (unpaired) electrons. The van der Waals surface area contributed by atoms with Crippen LogP contribution in [0.2, 0.25) is 0 Å². The van der Waals surface area contributed by atoms with Gasteiger partial charge in [0.1, 0.15) is 5.75 Å². The molecule has 0 saturated heterocycles. The highest BCUT2D eigenvalue weighted by Gasteiger charge is 2.34. The quantitative estimate of drug-likeness (QED) is 0.306. The number of alkyl halides is 3. The van der Waals surface area contributed by atoms with E-state index in [0.717, 1.165) is 55.7 Å². The molecular formula is C22H28F4O3. The molecule has 0 atom stereocenters. The lowest BCUT2D eigenvalue weighted by Crippen LogP contribution is -2.30. The molecule has 2 fully saturated rings. The van der Waals surface area contributed by atoms with Gasteiger partial charge in [0.15, 0.2) is 11.6 Å². The predicted molar refractivity (Wildman–Crippen MR) is 99.9 cm³/mol. The smallest absolute Gasteiger partial charge is 0.426 e. The SMILES string of the molecule is CCC1CCC(C2CCC(C(=O)Oc3ccc(OC(F)(F)F)c(F)c3)CC2)CC1. The van der Waals surface area contributed by atoms with Gasteiger partial charge in [-0.1, -0.05) is 26.2 Å². The van der Waals surface area contributed by atoms with Crippen LogP contribution in [0.3, 0.4) is 0 Å². The van der Waals surface area contributed by atoms with Gasteiger partial charge in [0.05, 0.1) is 5.92 Å². The van der Waals surface area contributed by atoms with Crippen molar-refractivity contribution in [3.63, 3.8) is 0 Å². The molecular weight excluding hydrogens is 388 g/mol. The third-order valence-electron chi connectivity index (χ3n) is 6.59. The van der Waals surface area contributed by atoms with Crippen LogP contribution in [0.25, 0.3) is 0 Å². The Bertz CT molecular complexity index is 688. The number of halogens is 4. The fourth-order valence-corrected chi connectivity index (χ4v) is 4.85. The van der Waals surface area contributed by atoms with E-state index >= 15 is 0 Å². The van der Waals surface area contributed by atoms with Gasteiger partial charge in [0.25, 0.3) is 0 Å². The Kier molecular flexibility index (Phi) is 7.06. The van der Waals surface area contributed by atoms with E-state index in [9.17, 15) is 22.4 Å². The first-order valence-corrected chi connectivity index (χ1v) is 10.5. The molecule has 1 aromatic carbocycles. The molecule has 0 heterocycles. The van der Waals surface area contributed by atoms with Crippen LogP contribution in [0.1, 0.15) is 64.7 Å². The highest BCUT2D eigenvalue weighted by Crippen LogP contribution is 2.42. The zero-order chi connectivity index (χ0) is 21.0. The summed E-state index contributed by atoms with van der Waals surface area (Å²) in [6.07, 6.45) is 4.94. The lowest BCUT2D eigenvalue weighted by molar-refractivity contribution is -0.275. The number of rotatable bonds is 5. The number of hydrogen-bond acceptors (Lipinski definition) is 3. The molecule has 2 aliphatic carbocycles. The molecule has 7 heteroatoms. The van der Waals surface area contributed by atoms with Gasteiger partial charge < -0.3 is 9.47 Å². The molecule has 29 heavy (non-hydrogen) atoms. The molecule has 0 amide bonds. The van der Waals surface area contributed by atoms with Crippen molar-refractivity contribution in [1.29, 1.82) is 0 Å². The van der Waals surface area contributed by atoms with Crippen molar-refractivity contribution in [1.82, 2.24) is 0 Å². The summed E-state index contributed by atoms with van der Waals surface area (Å²) in [6.45, 7) is 2.25. The third kappa shape index (κ3) is 6.09. The maximum Gasteiger partial charge on any atom is 0.573 e. The Morgan fingerprint density at radius 2 is 1.59 bits per heavy atom. The monoisotopic (exact) mass is 416 g/mol. The molecule has 2 aliphatic rings. The molecule has 3 nitrogen and oxygen atoms in total. The summed E-state index contributed by atoms with van der Waals surface area (Å²) in [5.41, 5.74) is 0. The van der Waals surface area contributed by atoms with Crippen molar-refractivity contribution in [2.45, 2.75) is 71.1 Å². The van der Waals surface area contributed by atoms with Crippen LogP contribution in [0.5, 0.6) is 11.5 Å². The molecule has 0 spiro atoms. The average molecular weight is 416 g/mol. The van der Waals surface area contributed by atoms with Gasteiger partial charge in [0, 0.05) is 6.07 Å². The van der Waals surface area contributed by atoms with E-state index in [1.54, 1.807) is 0 Å². The summed E-state index contributed by atoms with van der Waals surface area (Å²) in [5, 5.41) is 0. The average Bonchev–Trinajstić information content (AvgIpc) is 2.69. The highest BCUT2D eigenvalue weighted by atomic mass is 19.4. The molecule has 0 aromatic heterocycles. The molecule has 1 aromatic rings. The van der Waals surface area contributed by atoms with E-state index in [-0.39, 0.29) is 11.7 Å². The van der Waals surface area contributed by atoms with E-state index in [2.05, 4.69) is 11.7 Å². The van der Waals surface area contributed by atoms with Crippen molar-refractivity contribution in [3.05, 3.63) is 24.0 Å². The summed E-state index contributed by atoms with van der Waals surface area (Å²) in [5.74, 6) is -0.685. The Morgan fingerprint density at radius 1 is 1.00 bits per heavy atom.